The Morgan fingerprint density at radius 2 is 1.76 bits per heavy atom. The van der Waals surface area contributed by atoms with Crippen molar-refractivity contribution in [3.63, 3.8) is 0 Å². The van der Waals surface area contributed by atoms with Crippen LogP contribution in [0.3, 0.4) is 0 Å². The molecule has 138 valence electrons. The number of nitrogens with zero attached hydrogens (tertiary/aromatic N) is 2. The van der Waals surface area contributed by atoms with E-state index >= 15 is 0 Å². The van der Waals surface area contributed by atoms with Gasteiger partial charge in [-0.25, -0.2) is 13.8 Å². The van der Waals surface area contributed by atoms with Gasteiger partial charge >= 0.3 is 0 Å². The number of hydrogen-bond donors (Lipinski definition) is 1. The van der Waals surface area contributed by atoms with E-state index in [4.69, 9.17) is 0 Å². The lowest BCUT2D eigenvalue weighted by molar-refractivity contribution is -0.119. The first-order chi connectivity index (χ1) is 11.9. The van der Waals surface area contributed by atoms with Gasteiger partial charge < -0.3 is 0 Å². The van der Waals surface area contributed by atoms with Crippen LogP contribution < -0.4 is 9.73 Å². The molecule has 1 aliphatic rings. The molecule has 1 N–H and O–H groups in total. The molecule has 2 rings (SSSR count). The van der Waals surface area contributed by atoms with Gasteiger partial charge in [0.15, 0.2) is 0 Å². The van der Waals surface area contributed by atoms with Gasteiger partial charge in [-0.1, -0.05) is 31.4 Å². The number of rotatable bonds is 5. The number of hydrogen-bond acceptors (Lipinski definition) is 4. The molecule has 25 heavy (non-hydrogen) atoms. The Bertz CT molecular complexity index is 724. The lowest BCUT2D eigenvalue weighted by Gasteiger charge is -2.22. The average molecular weight is 430 g/mol. The monoisotopic (exact) mass is 429 g/mol. The highest BCUT2D eigenvalue weighted by Crippen LogP contribution is 2.27. The molecule has 0 aromatic heterocycles. The maximum absolute atomic E-state index is 12.2. The molecule has 1 aliphatic carbocycles. The third kappa shape index (κ3) is 6.43. The SMILES string of the molecule is CS(=O)(=O)N(CC(=O)NN=C1CCCCCCC1)c1ccccc1Br. The smallest absolute Gasteiger partial charge is 0.260 e. The molecule has 0 unspecified atom stereocenters. The van der Waals surface area contributed by atoms with Crippen LogP contribution in [0.15, 0.2) is 33.8 Å². The van der Waals surface area contributed by atoms with Crippen molar-refractivity contribution in [1.29, 1.82) is 0 Å². The first kappa shape index (κ1) is 19.9. The molecule has 8 heteroatoms. The van der Waals surface area contributed by atoms with E-state index in [1.165, 1.54) is 19.3 Å². The summed E-state index contributed by atoms with van der Waals surface area (Å²) in [6.07, 6.45) is 8.67. The first-order valence-electron chi connectivity index (χ1n) is 8.44. The van der Waals surface area contributed by atoms with Crippen LogP contribution in [-0.4, -0.2) is 32.8 Å². The molecular weight excluding hydrogens is 406 g/mol. The van der Waals surface area contributed by atoms with E-state index in [1.807, 2.05) is 0 Å². The van der Waals surface area contributed by atoms with Crippen LogP contribution in [0, 0.1) is 0 Å². The minimum absolute atomic E-state index is 0.307. The highest BCUT2D eigenvalue weighted by molar-refractivity contribution is 9.10. The predicted molar refractivity (Wildman–Crippen MR) is 104 cm³/mol. The Labute approximate surface area is 157 Å². The van der Waals surface area contributed by atoms with Gasteiger partial charge in [-0.2, -0.15) is 5.10 Å². The Balaban J connectivity index is 2.06. The fraction of sp³-hybridized carbons (Fsp3) is 0.529. The quantitative estimate of drug-likeness (QED) is 0.727. The molecule has 0 atom stereocenters. The zero-order valence-electron chi connectivity index (χ0n) is 14.4. The summed E-state index contributed by atoms with van der Waals surface area (Å²) in [4.78, 5) is 12.2. The lowest BCUT2D eigenvalue weighted by Crippen LogP contribution is -2.39. The summed E-state index contributed by atoms with van der Waals surface area (Å²) >= 11 is 3.33. The van der Waals surface area contributed by atoms with Gasteiger partial charge in [0.25, 0.3) is 5.91 Å². The fourth-order valence-electron chi connectivity index (χ4n) is 2.77. The largest absolute Gasteiger partial charge is 0.271 e. The molecule has 6 nitrogen and oxygen atoms in total. The molecule has 1 aromatic carbocycles. The van der Waals surface area contributed by atoms with Crippen molar-refractivity contribution in [2.45, 2.75) is 44.9 Å². The van der Waals surface area contributed by atoms with E-state index in [-0.39, 0.29) is 6.54 Å². The Kier molecular flexibility index (Phi) is 7.43. The minimum atomic E-state index is -3.60. The van der Waals surface area contributed by atoms with Gasteiger partial charge in [-0.05, 0) is 53.7 Å². The van der Waals surface area contributed by atoms with E-state index < -0.39 is 15.9 Å². The third-order valence-corrected chi connectivity index (χ3v) is 5.88. The number of carbonyl (C=O) groups excluding carboxylic acids is 1. The van der Waals surface area contributed by atoms with Crippen molar-refractivity contribution in [3.05, 3.63) is 28.7 Å². The van der Waals surface area contributed by atoms with Crippen molar-refractivity contribution in [2.24, 2.45) is 5.10 Å². The van der Waals surface area contributed by atoms with Gasteiger partial charge in [0.05, 0.1) is 11.9 Å². The Morgan fingerprint density at radius 3 is 2.36 bits per heavy atom. The van der Waals surface area contributed by atoms with Crippen LogP contribution >= 0.6 is 15.9 Å². The van der Waals surface area contributed by atoms with Crippen LogP contribution in [-0.2, 0) is 14.8 Å². The summed E-state index contributed by atoms with van der Waals surface area (Å²) in [7, 11) is -3.60. The standard InChI is InChI=1S/C17H24BrN3O3S/c1-25(23,24)21(16-12-8-7-11-15(16)18)13-17(22)20-19-14-9-5-3-2-4-6-10-14/h7-8,11-12H,2-6,9-10,13H2,1H3,(H,20,22). The normalized spacial score (nSPS) is 15.8. The molecule has 1 aromatic rings. The summed E-state index contributed by atoms with van der Waals surface area (Å²) in [6, 6.07) is 6.90. The van der Waals surface area contributed by atoms with Gasteiger partial charge in [0.2, 0.25) is 10.0 Å². The molecule has 0 radical (unpaired) electrons. The van der Waals surface area contributed by atoms with Crippen molar-refractivity contribution in [3.8, 4) is 0 Å². The summed E-state index contributed by atoms with van der Waals surface area (Å²) in [5.41, 5.74) is 3.94. The van der Waals surface area contributed by atoms with E-state index in [0.29, 0.717) is 10.2 Å². The number of para-hydroxylation sites is 1. The fourth-order valence-corrected chi connectivity index (χ4v) is 4.25. The highest BCUT2D eigenvalue weighted by atomic mass is 79.9. The Hall–Kier alpha value is -1.41. The van der Waals surface area contributed by atoms with Crippen LogP contribution in [0.5, 0.6) is 0 Å². The zero-order chi connectivity index (χ0) is 18.3. The molecule has 0 saturated heterocycles. The van der Waals surface area contributed by atoms with Crippen LogP contribution in [0.2, 0.25) is 0 Å². The van der Waals surface area contributed by atoms with Gasteiger partial charge in [0, 0.05) is 10.2 Å². The van der Waals surface area contributed by atoms with Crippen LogP contribution in [0.4, 0.5) is 5.69 Å². The van der Waals surface area contributed by atoms with Crippen molar-refractivity contribution < 1.29 is 13.2 Å². The third-order valence-electron chi connectivity index (χ3n) is 4.08. The van der Waals surface area contributed by atoms with E-state index in [2.05, 4.69) is 26.5 Å². The van der Waals surface area contributed by atoms with Crippen LogP contribution in [0.25, 0.3) is 0 Å². The molecule has 1 amide bonds. The first-order valence-corrected chi connectivity index (χ1v) is 11.1. The average Bonchev–Trinajstić information content (AvgIpc) is 2.51. The zero-order valence-corrected chi connectivity index (χ0v) is 16.8. The molecule has 1 saturated carbocycles. The van der Waals surface area contributed by atoms with Gasteiger partial charge in [-0.15, -0.1) is 0 Å². The molecule has 0 heterocycles. The topological polar surface area (TPSA) is 78.8 Å². The van der Waals surface area contributed by atoms with Crippen molar-refractivity contribution in [1.82, 2.24) is 5.43 Å². The summed E-state index contributed by atoms with van der Waals surface area (Å²) in [5, 5.41) is 4.22. The number of hydrazone groups is 1. The number of nitrogens with one attached hydrogen (secondary N) is 1. The number of anilines is 1. The van der Waals surface area contributed by atoms with Crippen molar-refractivity contribution >= 4 is 43.3 Å². The summed E-state index contributed by atoms with van der Waals surface area (Å²) in [6.45, 7) is -0.307. The lowest BCUT2D eigenvalue weighted by atomic mass is 9.99. The molecule has 0 aliphatic heterocycles. The number of sulfonamides is 1. The summed E-state index contributed by atoms with van der Waals surface area (Å²) < 4.78 is 25.9. The van der Waals surface area contributed by atoms with Gasteiger partial charge in [0.1, 0.15) is 6.54 Å². The predicted octanol–water partition coefficient (Wildman–Crippen LogP) is 3.43. The number of amides is 1. The maximum Gasteiger partial charge on any atom is 0.260 e. The minimum Gasteiger partial charge on any atom is -0.271 e. The second-order valence-electron chi connectivity index (χ2n) is 6.20. The number of benzene rings is 1. The number of carbonyl (C=O) groups is 1. The molecule has 1 fully saturated rings. The van der Waals surface area contributed by atoms with E-state index in [0.717, 1.165) is 42.0 Å². The van der Waals surface area contributed by atoms with Crippen LogP contribution in [0.1, 0.15) is 44.9 Å². The summed E-state index contributed by atoms with van der Waals surface area (Å²) in [5.74, 6) is -0.448. The molecular formula is C17H24BrN3O3S. The van der Waals surface area contributed by atoms with E-state index in [1.54, 1.807) is 24.3 Å². The van der Waals surface area contributed by atoms with E-state index in [9.17, 15) is 13.2 Å². The molecule has 0 bridgehead atoms. The maximum atomic E-state index is 12.2. The van der Waals surface area contributed by atoms with Gasteiger partial charge in [-0.3, -0.25) is 9.10 Å². The second-order valence-corrected chi connectivity index (χ2v) is 8.96. The van der Waals surface area contributed by atoms with Crippen molar-refractivity contribution in [2.75, 3.05) is 17.1 Å². The Morgan fingerprint density at radius 1 is 1.16 bits per heavy atom. The molecule has 0 spiro atoms. The highest BCUT2D eigenvalue weighted by Gasteiger charge is 2.22. The number of halogens is 1. The second kappa shape index (κ2) is 9.33.